The van der Waals surface area contributed by atoms with Gasteiger partial charge in [0.2, 0.25) is 0 Å². The monoisotopic (exact) mass is 398 g/mol. The van der Waals surface area contributed by atoms with E-state index in [1.165, 1.54) is 6.33 Å². The number of halogens is 1. The van der Waals surface area contributed by atoms with Gasteiger partial charge in [-0.2, -0.15) is 0 Å². The van der Waals surface area contributed by atoms with Gasteiger partial charge in [-0.05, 0) is 42.0 Å². The van der Waals surface area contributed by atoms with Gasteiger partial charge in [-0.1, -0.05) is 17.7 Å². The van der Waals surface area contributed by atoms with Crippen LogP contribution in [0.25, 0.3) is 0 Å². The Morgan fingerprint density at radius 3 is 2.46 bits per heavy atom. The number of nitrogens with zero attached hydrogens (tertiary/aromatic N) is 2. The number of methoxy groups -OCH3 is 2. The van der Waals surface area contributed by atoms with Crippen LogP contribution in [0.3, 0.4) is 0 Å². The Balaban J connectivity index is 1.65. The first-order chi connectivity index (χ1) is 13.6. The van der Waals surface area contributed by atoms with Crippen LogP contribution in [0.4, 0.5) is 11.5 Å². The van der Waals surface area contributed by atoms with Crippen LogP contribution < -0.4 is 20.1 Å². The summed E-state index contributed by atoms with van der Waals surface area (Å²) in [4.78, 5) is 20.6. The summed E-state index contributed by atoms with van der Waals surface area (Å²) in [6, 6.07) is 14.2. The Kier molecular flexibility index (Phi) is 6.29. The van der Waals surface area contributed by atoms with Crippen LogP contribution in [0.5, 0.6) is 11.5 Å². The average Bonchev–Trinajstić information content (AvgIpc) is 2.73. The van der Waals surface area contributed by atoms with Crippen LogP contribution in [0.2, 0.25) is 5.02 Å². The molecule has 2 aromatic carbocycles. The first-order valence-electron chi connectivity index (χ1n) is 8.43. The van der Waals surface area contributed by atoms with E-state index in [0.717, 1.165) is 11.3 Å². The number of benzene rings is 2. The quantitative estimate of drug-likeness (QED) is 0.629. The molecule has 0 radical (unpaired) electrons. The molecule has 0 saturated carbocycles. The minimum Gasteiger partial charge on any atom is -0.493 e. The molecule has 28 heavy (non-hydrogen) atoms. The fraction of sp³-hybridized carbons (Fsp3) is 0.150. The Bertz CT molecular complexity index is 964. The van der Waals surface area contributed by atoms with Crippen LogP contribution in [0.15, 0.2) is 54.9 Å². The molecule has 0 aliphatic rings. The lowest BCUT2D eigenvalue weighted by Crippen LogP contribution is -2.24. The lowest BCUT2D eigenvalue weighted by atomic mass is 10.2. The van der Waals surface area contributed by atoms with Gasteiger partial charge < -0.3 is 20.1 Å². The van der Waals surface area contributed by atoms with E-state index in [2.05, 4.69) is 20.6 Å². The number of amides is 1. The maximum atomic E-state index is 12.4. The Morgan fingerprint density at radius 2 is 1.75 bits per heavy atom. The van der Waals surface area contributed by atoms with Crippen molar-refractivity contribution in [2.24, 2.45) is 0 Å². The second kappa shape index (κ2) is 9.05. The van der Waals surface area contributed by atoms with E-state index >= 15 is 0 Å². The van der Waals surface area contributed by atoms with Crippen molar-refractivity contribution < 1.29 is 14.3 Å². The van der Waals surface area contributed by atoms with E-state index in [9.17, 15) is 4.79 Å². The first-order valence-corrected chi connectivity index (χ1v) is 8.80. The Hall–Kier alpha value is -3.32. The molecule has 0 unspecified atom stereocenters. The van der Waals surface area contributed by atoms with Gasteiger partial charge in [-0.15, -0.1) is 0 Å². The maximum Gasteiger partial charge on any atom is 0.270 e. The molecule has 0 fully saturated rings. The summed E-state index contributed by atoms with van der Waals surface area (Å²) in [6.45, 7) is 0.323. The molecule has 0 spiro atoms. The van der Waals surface area contributed by atoms with Crippen LogP contribution in [0.1, 0.15) is 16.1 Å². The predicted molar refractivity (Wildman–Crippen MR) is 107 cm³/mol. The zero-order valence-electron chi connectivity index (χ0n) is 15.4. The van der Waals surface area contributed by atoms with Crippen LogP contribution in [-0.2, 0) is 6.54 Å². The van der Waals surface area contributed by atoms with Gasteiger partial charge in [0.1, 0.15) is 17.8 Å². The second-order valence-corrected chi connectivity index (χ2v) is 6.23. The van der Waals surface area contributed by atoms with Crippen LogP contribution in [-0.4, -0.2) is 30.1 Å². The SMILES string of the molecule is COc1ccc(CNC(=O)c2cc(Nc3ccc(Cl)cc3)ncn2)cc1OC. The molecule has 1 amide bonds. The number of ether oxygens (including phenoxy) is 2. The third-order valence-electron chi connectivity index (χ3n) is 3.92. The second-order valence-electron chi connectivity index (χ2n) is 5.79. The van der Waals surface area contributed by atoms with Crippen molar-refractivity contribution in [2.75, 3.05) is 19.5 Å². The van der Waals surface area contributed by atoms with E-state index in [1.54, 1.807) is 38.5 Å². The van der Waals surface area contributed by atoms with E-state index in [0.29, 0.717) is 28.9 Å². The molecule has 8 heteroatoms. The van der Waals surface area contributed by atoms with Gasteiger partial charge >= 0.3 is 0 Å². The van der Waals surface area contributed by atoms with Gasteiger partial charge in [0, 0.05) is 23.3 Å². The van der Waals surface area contributed by atoms with Gasteiger partial charge in [0.05, 0.1) is 14.2 Å². The maximum absolute atomic E-state index is 12.4. The molecular weight excluding hydrogens is 380 g/mol. The molecule has 0 atom stereocenters. The van der Waals surface area contributed by atoms with Crippen molar-refractivity contribution in [1.29, 1.82) is 0 Å². The number of carbonyl (C=O) groups is 1. The van der Waals surface area contributed by atoms with E-state index in [4.69, 9.17) is 21.1 Å². The molecule has 3 aromatic rings. The number of anilines is 2. The number of rotatable bonds is 7. The average molecular weight is 399 g/mol. The summed E-state index contributed by atoms with van der Waals surface area (Å²) in [7, 11) is 3.14. The summed E-state index contributed by atoms with van der Waals surface area (Å²) in [5.74, 6) is 1.43. The molecule has 0 bridgehead atoms. The highest BCUT2D eigenvalue weighted by Gasteiger charge is 2.10. The zero-order chi connectivity index (χ0) is 19.9. The normalized spacial score (nSPS) is 10.2. The van der Waals surface area contributed by atoms with Crippen LogP contribution in [0, 0.1) is 0 Å². The fourth-order valence-electron chi connectivity index (χ4n) is 2.49. The van der Waals surface area contributed by atoms with Crippen LogP contribution >= 0.6 is 11.6 Å². The van der Waals surface area contributed by atoms with Crippen molar-refractivity contribution in [3.63, 3.8) is 0 Å². The van der Waals surface area contributed by atoms with Gasteiger partial charge in [0.15, 0.2) is 11.5 Å². The fourth-order valence-corrected chi connectivity index (χ4v) is 2.62. The van der Waals surface area contributed by atoms with E-state index in [-0.39, 0.29) is 11.6 Å². The molecule has 0 saturated heterocycles. The third kappa shape index (κ3) is 4.89. The number of carbonyl (C=O) groups excluding carboxylic acids is 1. The number of hydrogen-bond acceptors (Lipinski definition) is 6. The minimum atomic E-state index is -0.309. The zero-order valence-corrected chi connectivity index (χ0v) is 16.2. The summed E-state index contributed by atoms with van der Waals surface area (Å²) < 4.78 is 10.5. The van der Waals surface area contributed by atoms with E-state index in [1.807, 2.05) is 24.3 Å². The summed E-state index contributed by atoms with van der Waals surface area (Å²) in [6.07, 6.45) is 1.34. The highest BCUT2D eigenvalue weighted by molar-refractivity contribution is 6.30. The smallest absolute Gasteiger partial charge is 0.270 e. The van der Waals surface area contributed by atoms with E-state index < -0.39 is 0 Å². The van der Waals surface area contributed by atoms with Gasteiger partial charge in [-0.25, -0.2) is 9.97 Å². The standard InChI is InChI=1S/C20H19ClN4O3/c1-27-17-8-3-13(9-18(17)28-2)11-22-20(26)16-10-19(24-12-23-16)25-15-6-4-14(21)5-7-15/h3-10,12H,11H2,1-2H3,(H,22,26)(H,23,24,25). The van der Waals surface area contributed by atoms with Crippen molar-refractivity contribution in [2.45, 2.75) is 6.54 Å². The minimum absolute atomic E-state index is 0.256. The molecular formula is C20H19ClN4O3. The van der Waals surface area contributed by atoms with Crippen molar-refractivity contribution in [3.8, 4) is 11.5 Å². The largest absolute Gasteiger partial charge is 0.493 e. The number of aromatic nitrogens is 2. The summed E-state index contributed by atoms with van der Waals surface area (Å²) in [5, 5.41) is 6.58. The van der Waals surface area contributed by atoms with Crippen molar-refractivity contribution in [1.82, 2.24) is 15.3 Å². The predicted octanol–water partition coefficient (Wildman–Crippen LogP) is 3.82. The number of hydrogen-bond donors (Lipinski definition) is 2. The van der Waals surface area contributed by atoms with Crippen molar-refractivity contribution >= 4 is 29.0 Å². The summed E-state index contributed by atoms with van der Waals surface area (Å²) >= 11 is 5.88. The Labute approximate surface area is 167 Å². The molecule has 7 nitrogen and oxygen atoms in total. The highest BCUT2D eigenvalue weighted by Crippen LogP contribution is 2.27. The molecule has 1 aromatic heterocycles. The Morgan fingerprint density at radius 1 is 1.00 bits per heavy atom. The van der Waals surface area contributed by atoms with Crippen molar-refractivity contribution in [3.05, 3.63) is 71.1 Å². The molecule has 144 valence electrons. The first kappa shape index (κ1) is 19.4. The highest BCUT2D eigenvalue weighted by atomic mass is 35.5. The van der Waals surface area contributed by atoms with Gasteiger partial charge in [-0.3, -0.25) is 4.79 Å². The topological polar surface area (TPSA) is 85.4 Å². The molecule has 3 rings (SSSR count). The lowest BCUT2D eigenvalue weighted by molar-refractivity contribution is 0.0945. The third-order valence-corrected chi connectivity index (χ3v) is 4.17. The number of nitrogens with one attached hydrogen (secondary N) is 2. The lowest BCUT2D eigenvalue weighted by Gasteiger charge is -2.10. The molecule has 2 N–H and O–H groups in total. The molecule has 1 heterocycles. The summed E-state index contributed by atoms with van der Waals surface area (Å²) in [5.41, 5.74) is 1.94. The van der Waals surface area contributed by atoms with Gasteiger partial charge in [0.25, 0.3) is 5.91 Å². The molecule has 0 aliphatic heterocycles. The molecule has 0 aliphatic carbocycles.